The van der Waals surface area contributed by atoms with Gasteiger partial charge in [-0.1, -0.05) is 12.1 Å². The van der Waals surface area contributed by atoms with Crippen molar-refractivity contribution in [1.82, 2.24) is 9.88 Å². The van der Waals surface area contributed by atoms with Crippen LogP contribution in [-0.4, -0.2) is 39.6 Å². The van der Waals surface area contributed by atoms with Crippen molar-refractivity contribution in [3.8, 4) is 0 Å². The second-order valence-corrected chi connectivity index (χ2v) is 6.53. The molecule has 0 saturated carbocycles. The molecule has 1 saturated heterocycles. The summed E-state index contributed by atoms with van der Waals surface area (Å²) in [7, 11) is 0. The van der Waals surface area contributed by atoms with Crippen LogP contribution in [0.2, 0.25) is 0 Å². The first-order chi connectivity index (χ1) is 12.0. The maximum Gasteiger partial charge on any atom is 0.226 e. The van der Waals surface area contributed by atoms with Crippen molar-refractivity contribution < 1.29 is 18.7 Å². The summed E-state index contributed by atoms with van der Waals surface area (Å²) in [4.78, 5) is 18.2. The van der Waals surface area contributed by atoms with Gasteiger partial charge in [-0.3, -0.25) is 9.78 Å². The van der Waals surface area contributed by atoms with E-state index in [0.29, 0.717) is 37.9 Å². The van der Waals surface area contributed by atoms with Crippen LogP contribution in [0, 0.1) is 11.6 Å². The quantitative estimate of drug-likeness (QED) is 0.925. The fourth-order valence-corrected chi connectivity index (χ4v) is 3.12. The van der Waals surface area contributed by atoms with E-state index in [4.69, 9.17) is 0 Å². The van der Waals surface area contributed by atoms with Crippen LogP contribution >= 0.6 is 0 Å². The average molecular weight is 346 g/mol. The molecule has 1 aliphatic rings. The Morgan fingerprint density at radius 2 is 1.92 bits per heavy atom. The van der Waals surface area contributed by atoms with Crippen LogP contribution in [0.3, 0.4) is 0 Å². The molecule has 1 aliphatic heterocycles. The van der Waals surface area contributed by atoms with E-state index in [9.17, 15) is 18.7 Å². The number of rotatable bonds is 4. The van der Waals surface area contributed by atoms with Crippen molar-refractivity contribution in [2.24, 2.45) is 0 Å². The number of aromatic nitrogens is 1. The fraction of sp³-hybridized carbons (Fsp3) is 0.368. The molecule has 0 spiro atoms. The summed E-state index contributed by atoms with van der Waals surface area (Å²) in [6, 6.07) is 9.07. The minimum absolute atomic E-state index is 0.0237. The molecule has 1 amide bonds. The first-order valence-corrected chi connectivity index (χ1v) is 8.29. The Morgan fingerprint density at radius 3 is 2.56 bits per heavy atom. The SMILES string of the molecule is O=C(Cc1ccc(F)c(F)c1)N1CCC(O)(Cc2ccccn2)CC1. The van der Waals surface area contributed by atoms with E-state index in [1.54, 1.807) is 11.1 Å². The van der Waals surface area contributed by atoms with E-state index < -0.39 is 17.2 Å². The number of halogens is 2. The maximum absolute atomic E-state index is 13.2. The van der Waals surface area contributed by atoms with Crippen molar-refractivity contribution in [2.45, 2.75) is 31.3 Å². The first-order valence-electron chi connectivity index (χ1n) is 8.29. The van der Waals surface area contributed by atoms with Crippen molar-refractivity contribution in [2.75, 3.05) is 13.1 Å². The molecular formula is C19H20F2N2O2. The monoisotopic (exact) mass is 346 g/mol. The van der Waals surface area contributed by atoms with Gasteiger partial charge in [0.1, 0.15) is 0 Å². The maximum atomic E-state index is 13.2. The predicted molar refractivity (Wildman–Crippen MR) is 88.8 cm³/mol. The van der Waals surface area contributed by atoms with Gasteiger partial charge in [-0.15, -0.1) is 0 Å². The van der Waals surface area contributed by atoms with E-state index in [1.165, 1.54) is 6.07 Å². The Labute approximate surface area is 145 Å². The molecule has 0 bridgehead atoms. The number of hydrogen-bond acceptors (Lipinski definition) is 3. The zero-order chi connectivity index (χ0) is 17.9. The fourth-order valence-electron chi connectivity index (χ4n) is 3.12. The van der Waals surface area contributed by atoms with Crippen LogP contribution in [0.5, 0.6) is 0 Å². The van der Waals surface area contributed by atoms with Gasteiger partial charge >= 0.3 is 0 Å². The lowest BCUT2D eigenvalue weighted by atomic mass is 9.86. The average Bonchev–Trinajstić information content (AvgIpc) is 2.59. The number of aliphatic hydroxyl groups is 1. The smallest absolute Gasteiger partial charge is 0.226 e. The first kappa shape index (κ1) is 17.5. The second kappa shape index (κ2) is 7.27. The zero-order valence-corrected chi connectivity index (χ0v) is 13.8. The lowest BCUT2D eigenvalue weighted by Crippen LogP contribution is -2.48. The van der Waals surface area contributed by atoms with E-state index in [1.807, 2.05) is 18.2 Å². The Hall–Kier alpha value is -2.34. The van der Waals surface area contributed by atoms with Crippen LogP contribution in [-0.2, 0) is 17.6 Å². The summed E-state index contributed by atoms with van der Waals surface area (Å²) in [5.74, 6) is -2.02. The minimum Gasteiger partial charge on any atom is -0.389 e. The molecule has 0 radical (unpaired) electrons. The standard InChI is InChI=1S/C19H20F2N2O2/c20-16-5-4-14(11-17(16)21)12-18(24)23-9-6-19(25,7-10-23)13-15-3-1-2-8-22-15/h1-5,8,11,25H,6-7,9-10,12-13H2. The van der Waals surface area contributed by atoms with Crippen molar-refractivity contribution >= 4 is 5.91 Å². The number of piperidine rings is 1. The highest BCUT2D eigenvalue weighted by Gasteiger charge is 2.34. The van der Waals surface area contributed by atoms with Crippen molar-refractivity contribution in [3.05, 3.63) is 65.5 Å². The van der Waals surface area contributed by atoms with Gasteiger partial charge in [0.15, 0.2) is 11.6 Å². The third kappa shape index (κ3) is 4.39. The highest BCUT2D eigenvalue weighted by molar-refractivity contribution is 5.78. The van der Waals surface area contributed by atoms with Crippen molar-refractivity contribution in [3.63, 3.8) is 0 Å². The molecule has 132 valence electrons. The second-order valence-electron chi connectivity index (χ2n) is 6.53. The summed E-state index contributed by atoms with van der Waals surface area (Å²) in [6.45, 7) is 0.873. The van der Waals surface area contributed by atoms with Crippen LogP contribution in [0.25, 0.3) is 0 Å². The van der Waals surface area contributed by atoms with Crippen LogP contribution in [0.4, 0.5) is 8.78 Å². The van der Waals surface area contributed by atoms with Gasteiger partial charge in [0.25, 0.3) is 0 Å². The summed E-state index contributed by atoms with van der Waals surface area (Å²) in [5.41, 5.74) is 0.400. The highest BCUT2D eigenvalue weighted by Crippen LogP contribution is 2.26. The highest BCUT2D eigenvalue weighted by atomic mass is 19.2. The molecule has 0 atom stereocenters. The molecule has 2 aromatic rings. The molecule has 1 fully saturated rings. The Morgan fingerprint density at radius 1 is 1.16 bits per heavy atom. The number of amides is 1. The van der Waals surface area contributed by atoms with Gasteiger partial charge in [-0.2, -0.15) is 0 Å². The zero-order valence-electron chi connectivity index (χ0n) is 13.8. The number of pyridine rings is 1. The molecule has 3 rings (SSSR count). The molecule has 0 unspecified atom stereocenters. The van der Waals surface area contributed by atoms with Gasteiger partial charge in [0.2, 0.25) is 5.91 Å². The van der Waals surface area contributed by atoms with Crippen LogP contribution in [0.15, 0.2) is 42.6 Å². The molecule has 2 heterocycles. The summed E-state index contributed by atoms with van der Waals surface area (Å²) in [5, 5.41) is 10.7. The Bertz CT molecular complexity index is 744. The molecule has 0 aliphatic carbocycles. The third-order valence-electron chi connectivity index (χ3n) is 4.62. The molecule has 1 aromatic heterocycles. The lowest BCUT2D eigenvalue weighted by molar-refractivity contribution is -0.134. The number of carbonyl (C=O) groups excluding carboxylic acids is 1. The number of hydrogen-bond donors (Lipinski definition) is 1. The van der Waals surface area contributed by atoms with Gasteiger partial charge in [-0.25, -0.2) is 8.78 Å². The topological polar surface area (TPSA) is 53.4 Å². The number of carbonyl (C=O) groups is 1. The van der Waals surface area contributed by atoms with Crippen LogP contribution in [0.1, 0.15) is 24.1 Å². The van der Waals surface area contributed by atoms with E-state index >= 15 is 0 Å². The third-order valence-corrected chi connectivity index (χ3v) is 4.62. The van der Waals surface area contributed by atoms with Crippen LogP contribution < -0.4 is 0 Å². The number of likely N-dealkylation sites (tertiary alicyclic amines) is 1. The van der Waals surface area contributed by atoms with E-state index in [0.717, 1.165) is 17.8 Å². The van der Waals surface area contributed by atoms with Gasteiger partial charge < -0.3 is 10.0 Å². The molecule has 1 N–H and O–H groups in total. The summed E-state index contributed by atoms with van der Waals surface area (Å²) >= 11 is 0. The van der Waals surface area contributed by atoms with E-state index in [2.05, 4.69) is 4.98 Å². The molecule has 1 aromatic carbocycles. The summed E-state index contributed by atoms with van der Waals surface area (Å²) in [6.07, 6.45) is 3.11. The largest absolute Gasteiger partial charge is 0.389 e. The van der Waals surface area contributed by atoms with Gasteiger partial charge in [-0.05, 0) is 42.7 Å². The Kier molecular flexibility index (Phi) is 5.08. The minimum atomic E-state index is -0.950. The van der Waals surface area contributed by atoms with Crippen molar-refractivity contribution in [1.29, 1.82) is 0 Å². The Balaban J connectivity index is 1.56. The molecular weight excluding hydrogens is 326 g/mol. The predicted octanol–water partition coefficient (Wildman–Crippen LogP) is 2.50. The van der Waals surface area contributed by atoms with Gasteiger partial charge in [0.05, 0.1) is 12.0 Å². The lowest BCUT2D eigenvalue weighted by Gasteiger charge is -2.38. The molecule has 6 heteroatoms. The number of nitrogens with zero attached hydrogens (tertiary/aromatic N) is 2. The molecule has 4 nitrogen and oxygen atoms in total. The molecule has 25 heavy (non-hydrogen) atoms. The van der Waals surface area contributed by atoms with Gasteiger partial charge in [0, 0.05) is 31.4 Å². The number of benzene rings is 1. The van der Waals surface area contributed by atoms with E-state index in [-0.39, 0.29) is 12.3 Å². The summed E-state index contributed by atoms with van der Waals surface area (Å²) < 4.78 is 26.2. The normalized spacial score (nSPS) is 16.7.